The summed E-state index contributed by atoms with van der Waals surface area (Å²) >= 11 is 0. The molecule has 100 valence electrons. The molecule has 0 aliphatic heterocycles. The van der Waals surface area contributed by atoms with Gasteiger partial charge in [-0.15, -0.1) is 0 Å². The molecule has 1 aromatic carbocycles. The minimum atomic E-state index is -0.427. The van der Waals surface area contributed by atoms with Gasteiger partial charge in [-0.2, -0.15) is 5.26 Å². The highest BCUT2D eigenvalue weighted by molar-refractivity contribution is 6.04. The summed E-state index contributed by atoms with van der Waals surface area (Å²) in [5.41, 5.74) is 0.796. The zero-order valence-electron chi connectivity index (χ0n) is 11.1. The second-order valence-corrected chi connectivity index (χ2v) is 4.26. The normalized spacial score (nSPS) is 11.2. The smallest absolute Gasteiger partial charge is 0.233 e. The average Bonchev–Trinajstić information content (AvgIpc) is 2.38. The van der Waals surface area contributed by atoms with E-state index in [4.69, 9.17) is 5.26 Å². The van der Waals surface area contributed by atoms with Crippen LogP contribution in [0, 0.1) is 11.3 Å². The summed E-state index contributed by atoms with van der Waals surface area (Å²) in [6, 6.07) is 8.69. The fraction of sp³-hybridized carbons (Fsp3) is 0.357. The van der Waals surface area contributed by atoms with Gasteiger partial charge < -0.3 is 10.6 Å². The number of rotatable bonds is 5. The molecule has 19 heavy (non-hydrogen) atoms. The van der Waals surface area contributed by atoms with E-state index in [0.29, 0.717) is 11.3 Å². The van der Waals surface area contributed by atoms with Gasteiger partial charge in [0.25, 0.3) is 0 Å². The van der Waals surface area contributed by atoms with Crippen LogP contribution in [-0.4, -0.2) is 17.9 Å². The molecule has 1 rings (SSSR count). The Hall–Kier alpha value is -2.35. The van der Waals surface area contributed by atoms with Gasteiger partial charge in [-0.25, -0.2) is 0 Å². The molecule has 0 heterocycles. The number of nitrogens with one attached hydrogen (secondary N) is 2. The third kappa shape index (κ3) is 4.80. The van der Waals surface area contributed by atoms with E-state index in [2.05, 4.69) is 10.6 Å². The Kier molecular flexibility index (Phi) is 5.55. The highest BCUT2D eigenvalue weighted by atomic mass is 16.2. The zero-order chi connectivity index (χ0) is 14.3. The minimum Gasteiger partial charge on any atom is -0.353 e. The van der Waals surface area contributed by atoms with E-state index in [9.17, 15) is 9.59 Å². The first-order valence-corrected chi connectivity index (χ1v) is 6.15. The van der Waals surface area contributed by atoms with Crippen LogP contribution in [0.3, 0.4) is 0 Å². The maximum absolute atomic E-state index is 11.7. The molecule has 0 aromatic heterocycles. The van der Waals surface area contributed by atoms with Gasteiger partial charge in [-0.1, -0.05) is 19.1 Å². The van der Waals surface area contributed by atoms with E-state index in [1.165, 1.54) is 0 Å². The lowest BCUT2D eigenvalue weighted by molar-refractivity contribution is -0.127. The van der Waals surface area contributed by atoms with Gasteiger partial charge in [0, 0.05) is 6.04 Å². The third-order valence-electron chi connectivity index (χ3n) is 2.66. The molecule has 0 aliphatic carbocycles. The molecule has 0 aliphatic rings. The first kappa shape index (κ1) is 14.7. The molecule has 1 aromatic rings. The number of amides is 2. The Morgan fingerprint density at radius 1 is 1.32 bits per heavy atom. The molecule has 0 spiro atoms. The van der Waals surface area contributed by atoms with E-state index >= 15 is 0 Å². The van der Waals surface area contributed by atoms with Gasteiger partial charge in [0.1, 0.15) is 12.5 Å². The fourth-order valence-electron chi connectivity index (χ4n) is 1.46. The number of nitriles is 1. The number of nitrogens with zero attached hydrogens (tertiary/aromatic N) is 1. The Morgan fingerprint density at radius 2 is 2.00 bits per heavy atom. The standard InChI is InChI=1S/C14H17N3O2/c1-3-10(2)16-13(18)8-14(19)17-12-7-5-4-6-11(12)9-15/h4-7,10H,3,8H2,1-2H3,(H,16,18)(H,17,19). The largest absolute Gasteiger partial charge is 0.353 e. The van der Waals surface area contributed by atoms with Gasteiger partial charge in [0.2, 0.25) is 11.8 Å². The van der Waals surface area contributed by atoms with Crippen molar-refractivity contribution < 1.29 is 9.59 Å². The topological polar surface area (TPSA) is 82.0 Å². The molecule has 1 atom stereocenters. The molecule has 2 amide bonds. The van der Waals surface area contributed by atoms with Crippen molar-refractivity contribution in [3.63, 3.8) is 0 Å². The molecule has 2 N–H and O–H groups in total. The highest BCUT2D eigenvalue weighted by Gasteiger charge is 2.12. The number of anilines is 1. The summed E-state index contributed by atoms with van der Waals surface area (Å²) < 4.78 is 0. The molecular weight excluding hydrogens is 242 g/mol. The van der Waals surface area contributed by atoms with Crippen molar-refractivity contribution in [2.75, 3.05) is 5.32 Å². The third-order valence-corrected chi connectivity index (χ3v) is 2.66. The van der Waals surface area contributed by atoms with Crippen molar-refractivity contribution in [3.8, 4) is 6.07 Å². The first-order chi connectivity index (χ1) is 9.06. The molecule has 0 saturated carbocycles. The number of carbonyl (C=O) groups excluding carboxylic acids is 2. The fourth-order valence-corrected chi connectivity index (χ4v) is 1.46. The van der Waals surface area contributed by atoms with Crippen molar-refractivity contribution in [2.24, 2.45) is 0 Å². The van der Waals surface area contributed by atoms with Gasteiger partial charge in [0.05, 0.1) is 11.3 Å². The summed E-state index contributed by atoms with van der Waals surface area (Å²) in [5.74, 6) is -0.746. The maximum Gasteiger partial charge on any atom is 0.233 e. The van der Waals surface area contributed by atoms with Crippen molar-refractivity contribution in [1.29, 1.82) is 5.26 Å². The van der Waals surface area contributed by atoms with Crippen molar-refractivity contribution in [1.82, 2.24) is 5.32 Å². The highest BCUT2D eigenvalue weighted by Crippen LogP contribution is 2.13. The summed E-state index contributed by atoms with van der Waals surface area (Å²) in [6.45, 7) is 3.83. The van der Waals surface area contributed by atoms with Crippen molar-refractivity contribution in [3.05, 3.63) is 29.8 Å². The van der Waals surface area contributed by atoms with Crippen LogP contribution in [0.25, 0.3) is 0 Å². The second kappa shape index (κ2) is 7.17. The molecule has 5 heteroatoms. The summed E-state index contributed by atoms with van der Waals surface area (Å²) in [5, 5.41) is 14.2. The summed E-state index contributed by atoms with van der Waals surface area (Å²) in [7, 11) is 0. The number of carbonyl (C=O) groups is 2. The van der Waals surface area contributed by atoms with Crippen molar-refractivity contribution in [2.45, 2.75) is 32.7 Å². The van der Waals surface area contributed by atoms with Gasteiger partial charge in [0.15, 0.2) is 0 Å². The van der Waals surface area contributed by atoms with E-state index in [-0.39, 0.29) is 18.4 Å². The molecule has 0 saturated heterocycles. The Labute approximate surface area is 112 Å². The molecular formula is C14H17N3O2. The van der Waals surface area contributed by atoms with Gasteiger partial charge in [-0.05, 0) is 25.5 Å². The number of hydrogen-bond donors (Lipinski definition) is 2. The van der Waals surface area contributed by atoms with Gasteiger partial charge >= 0.3 is 0 Å². The molecule has 0 bridgehead atoms. The van der Waals surface area contributed by atoms with E-state index in [0.717, 1.165) is 6.42 Å². The summed E-state index contributed by atoms with van der Waals surface area (Å²) in [4.78, 5) is 23.2. The van der Waals surface area contributed by atoms with Crippen LogP contribution in [-0.2, 0) is 9.59 Å². The second-order valence-electron chi connectivity index (χ2n) is 4.26. The van der Waals surface area contributed by atoms with Crippen LogP contribution in [0.15, 0.2) is 24.3 Å². The molecule has 0 fully saturated rings. The van der Waals surface area contributed by atoms with E-state index in [1.807, 2.05) is 19.9 Å². The zero-order valence-corrected chi connectivity index (χ0v) is 11.1. The Bertz CT molecular complexity index is 506. The molecule has 1 unspecified atom stereocenters. The Balaban J connectivity index is 2.56. The van der Waals surface area contributed by atoms with E-state index in [1.54, 1.807) is 24.3 Å². The van der Waals surface area contributed by atoms with Crippen LogP contribution >= 0.6 is 0 Å². The van der Waals surface area contributed by atoms with Crippen LogP contribution in [0.2, 0.25) is 0 Å². The number of para-hydroxylation sites is 1. The minimum absolute atomic E-state index is 0.0479. The predicted molar refractivity (Wildman–Crippen MR) is 72.3 cm³/mol. The maximum atomic E-state index is 11.7. The van der Waals surface area contributed by atoms with Gasteiger partial charge in [-0.3, -0.25) is 9.59 Å². The lowest BCUT2D eigenvalue weighted by Crippen LogP contribution is -2.34. The lowest BCUT2D eigenvalue weighted by Gasteiger charge is -2.11. The van der Waals surface area contributed by atoms with Crippen LogP contribution in [0.1, 0.15) is 32.3 Å². The Morgan fingerprint density at radius 3 is 2.63 bits per heavy atom. The van der Waals surface area contributed by atoms with Crippen molar-refractivity contribution >= 4 is 17.5 Å². The number of hydrogen-bond acceptors (Lipinski definition) is 3. The van der Waals surface area contributed by atoms with E-state index < -0.39 is 5.91 Å². The SMILES string of the molecule is CCC(C)NC(=O)CC(=O)Nc1ccccc1C#N. The first-order valence-electron chi connectivity index (χ1n) is 6.15. The predicted octanol–water partition coefficient (Wildman–Crippen LogP) is 1.80. The van der Waals surface area contributed by atoms with Crippen LogP contribution in [0.4, 0.5) is 5.69 Å². The summed E-state index contributed by atoms with van der Waals surface area (Å²) in [6.07, 6.45) is 0.564. The average molecular weight is 259 g/mol. The van der Waals surface area contributed by atoms with Crippen LogP contribution in [0.5, 0.6) is 0 Å². The monoisotopic (exact) mass is 259 g/mol. The lowest BCUT2D eigenvalue weighted by atomic mass is 10.2. The number of benzene rings is 1. The molecule has 0 radical (unpaired) electrons. The quantitative estimate of drug-likeness (QED) is 0.791. The van der Waals surface area contributed by atoms with Crippen LogP contribution < -0.4 is 10.6 Å². The molecule has 5 nitrogen and oxygen atoms in total.